The van der Waals surface area contributed by atoms with Crippen molar-refractivity contribution in [3.8, 4) is 39.1 Å². The average molecular weight is 759 g/mol. The predicted molar refractivity (Wildman–Crippen MR) is 242 cm³/mol. The van der Waals surface area contributed by atoms with Gasteiger partial charge in [0.2, 0.25) is 11.5 Å². The summed E-state index contributed by atoms with van der Waals surface area (Å²) < 4.78 is 10.9. The van der Waals surface area contributed by atoms with Crippen LogP contribution < -0.4 is 4.90 Å². The zero-order valence-corrected chi connectivity index (χ0v) is 32.7. The molecule has 1 aliphatic rings. The maximum Gasteiger partial charge on any atom is 0.234 e. The van der Waals surface area contributed by atoms with Gasteiger partial charge in [0.1, 0.15) is 11.1 Å². The van der Waals surface area contributed by atoms with Crippen LogP contribution >= 0.6 is 0 Å². The van der Waals surface area contributed by atoms with E-state index in [-0.39, 0.29) is 5.41 Å². The molecule has 12 rings (SSSR count). The molecule has 0 spiro atoms. The Hall–Kier alpha value is -7.63. The Labute approximate surface area is 341 Å². The number of aromatic nitrogens is 3. The number of imidazole rings is 2. The molecule has 5 heteroatoms. The lowest BCUT2D eigenvalue weighted by atomic mass is 9.81. The standard InChI is InChI=1S/C54H38N4O/c1-54(2)46-19-11-9-17-43(46)44-31-25-38(33-47(44)54)37-23-28-41(29-24-37)56(40-26-21-36(22-27-40)35-13-5-3-6-14-35)42-30-32-48-49(34-42)57(39-15-7-4-8-16-39)53-55-51-45-18-10-12-20-50(45)59-52(51)58(48)53/h3-34H,1-2H3. The quantitative estimate of drug-likeness (QED) is 0.169. The van der Waals surface area contributed by atoms with Crippen molar-refractivity contribution in [2.45, 2.75) is 19.3 Å². The molecule has 0 atom stereocenters. The van der Waals surface area contributed by atoms with Gasteiger partial charge in [0, 0.05) is 33.6 Å². The van der Waals surface area contributed by atoms with E-state index in [0.29, 0.717) is 0 Å². The van der Waals surface area contributed by atoms with Gasteiger partial charge in [-0.05, 0) is 117 Å². The van der Waals surface area contributed by atoms with Gasteiger partial charge in [0.05, 0.1) is 11.0 Å². The van der Waals surface area contributed by atoms with Crippen molar-refractivity contribution in [2.24, 2.45) is 0 Å². The summed E-state index contributed by atoms with van der Waals surface area (Å²) in [7, 11) is 0. The first-order chi connectivity index (χ1) is 29.0. The monoisotopic (exact) mass is 758 g/mol. The smallest absolute Gasteiger partial charge is 0.234 e. The van der Waals surface area contributed by atoms with Gasteiger partial charge >= 0.3 is 0 Å². The molecule has 1 aliphatic carbocycles. The molecule has 59 heavy (non-hydrogen) atoms. The molecule has 11 aromatic rings. The summed E-state index contributed by atoms with van der Waals surface area (Å²) in [6.45, 7) is 4.68. The van der Waals surface area contributed by atoms with E-state index in [0.717, 1.165) is 61.8 Å². The van der Waals surface area contributed by atoms with Crippen molar-refractivity contribution in [2.75, 3.05) is 4.90 Å². The molecule has 0 saturated heterocycles. The van der Waals surface area contributed by atoms with Gasteiger partial charge in [-0.1, -0.05) is 135 Å². The fraction of sp³-hybridized carbons (Fsp3) is 0.0556. The van der Waals surface area contributed by atoms with Crippen LogP contribution in [0.5, 0.6) is 0 Å². The largest absolute Gasteiger partial charge is 0.437 e. The Bertz CT molecular complexity index is 3390. The third-order valence-corrected chi connectivity index (χ3v) is 12.4. The molecule has 8 aromatic carbocycles. The third kappa shape index (κ3) is 5.08. The highest BCUT2D eigenvalue weighted by molar-refractivity contribution is 6.05. The molecular weight excluding hydrogens is 721 g/mol. The second kappa shape index (κ2) is 12.7. The Morgan fingerprint density at radius 3 is 1.85 bits per heavy atom. The van der Waals surface area contributed by atoms with Crippen LogP contribution in [0.4, 0.5) is 17.1 Å². The highest BCUT2D eigenvalue weighted by Crippen LogP contribution is 2.50. The zero-order valence-electron chi connectivity index (χ0n) is 32.7. The van der Waals surface area contributed by atoms with Crippen molar-refractivity contribution < 1.29 is 4.42 Å². The summed E-state index contributed by atoms with van der Waals surface area (Å²) in [4.78, 5) is 7.60. The van der Waals surface area contributed by atoms with Crippen molar-refractivity contribution in [3.63, 3.8) is 0 Å². The Morgan fingerprint density at radius 2 is 1.08 bits per heavy atom. The number of hydrogen-bond donors (Lipinski definition) is 0. The molecule has 0 fully saturated rings. The molecule has 280 valence electrons. The molecular formula is C54H38N4O. The number of rotatable bonds is 6. The van der Waals surface area contributed by atoms with Crippen LogP contribution in [0.1, 0.15) is 25.0 Å². The van der Waals surface area contributed by atoms with Gasteiger partial charge < -0.3 is 9.32 Å². The predicted octanol–water partition coefficient (Wildman–Crippen LogP) is 14.3. The maximum absolute atomic E-state index is 6.50. The van der Waals surface area contributed by atoms with E-state index in [1.165, 1.54) is 44.5 Å². The summed E-state index contributed by atoms with van der Waals surface area (Å²) in [6.07, 6.45) is 0. The number of anilines is 3. The molecule has 3 aromatic heterocycles. The molecule has 0 radical (unpaired) electrons. The minimum absolute atomic E-state index is 0.0571. The summed E-state index contributed by atoms with van der Waals surface area (Å²) in [5, 5.41) is 1.01. The number of benzene rings is 8. The van der Waals surface area contributed by atoms with Crippen molar-refractivity contribution in [3.05, 3.63) is 205 Å². The maximum atomic E-state index is 6.50. The zero-order chi connectivity index (χ0) is 39.2. The van der Waals surface area contributed by atoms with Gasteiger partial charge in [0.25, 0.3) is 0 Å². The summed E-state index contributed by atoms with van der Waals surface area (Å²) in [6, 6.07) is 69.6. The molecule has 0 aliphatic heterocycles. The second-order valence-electron chi connectivity index (χ2n) is 16.1. The third-order valence-electron chi connectivity index (χ3n) is 12.4. The Morgan fingerprint density at radius 1 is 0.492 bits per heavy atom. The van der Waals surface area contributed by atoms with Crippen LogP contribution in [0.2, 0.25) is 0 Å². The van der Waals surface area contributed by atoms with Crippen LogP contribution in [-0.4, -0.2) is 14.0 Å². The van der Waals surface area contributed by atoms with E-state index in [2.05, 4.69) is 204 Å². The molecule has 0 unspecified atom stereocenters. The normalized spacial score (nSPS) is 13.1. The number of furan rings is 1. The Kier molecular flexibility index (Phi) is 7.20. The second-order valence-corrected chi connectivity index (χ2v) is 16.1. The van der Waals surface area contributed by atoms with Gasteiger partial charge in [0.15, 0.2) is 0 Å². The van der Waals surface area contributed by atoms with Crippen LogP contribution in [0, 0.1) is 0 Å². The van der Waals surface area contributed by atoms with Gasteiger partial charge in [-0.2, -0.15) is 0 Å². The van der Waals surface area contributed by atoms with E-state index in [1.54, 1.807) is 0 Å². The fourth-order valence-corrected chi connectivity index (χ4v) is 9.41. The van der Waals surface area contributed by atoms with E-state index in [4.69, 9.17) is 9.40 Å². The minimum atomic E-state index is -0.0571. The summed E-state index contributed by atoms with van der Waals surface area (Å²) in [5.41, 5.74) is 18.9. The van der Waals surface area contributed by atoms with Crippen LogP contribution in [-0.2, 0) is 5.41 Å². The van der Waals surface area contributed by atoms with Gasteiger partial charge in [-0.15, -0.1) is 0 Å². The molecule has 0 bridgehead atoms. The fourth-order valence-electron chi connectivity index (χ4n) is 9.41. The van der Waals surface area contributed by atoms with E-state index >= 15 is 0 Å². The van der Waals surface area contributed by atoms with Crippen LogP contribution in [0.25, 0.3) is 78.1 Å². The first kappa shape index (κ1) is 33.5. The lowest BCUT2D eigenvalue weighted by Crippen LogP contribution is -2.14. The number of hydrogen-bond acceptors (Lipinski definition) is 3. The van der Waals surface area contributed by atoms with Crippen LogP contribution in [0.3, 0.4) is 0 Å². The minimum Gasteiger partial charge on any atom is -0.437 e. The molecule has 5 nitrogen and oxygen atoms in total. The summed E-state index contributed by atoms with van der Waals surface area (Å²) >= 11 is 0. The highest BCUT2D eigenvalue weighted by atomic mass is 16.3. The Balaban J connectivity index is 1.02. The van der Waals surface area contributed by atoms with E-state index in [9.17, 15) is 0 Å². The number of nitrogens with zero attached hydrogens (tertiary/aromatic N) is 4. The lowest BCUT2D eigenvalue weighted by Gasteiger charge is -2.26. The molecule has 0 amide bonds. The van der Waals surface area contributed by atoms with E-state index < -0.39 is 0 Å². The SMILES string of the molecule is CC1(C)c2ccccc2-c2ccc(-c3ccc(N(c4ccc(-c5ccccc5)cc4)c4ccc5c(c4)n(-c4ccccc4)c4nc6c7ccccc7oc6n54)cc3)cc21. The summed E-state index contributed by atoms with van der Waals surface area (Å²) in [5.74, 6) is 0.812. The number of para-hydroxylation sites is 2. The van der Waals surface area contributed by atoms with Gasteiger partial charge in [-0.3, -0.25) is 4.57 Å². The first-order valence-corrected chi connectivity index (χ1v) is 20.2. The topological polar surface area (TPSA) is 38.6 Å². The molecule has 0 N–H and O–H groups in total. The molecule has 3 heterocycles. The highest BCUT2D eigenvalue weighted by Gasteiger charge is 2.35. The van der Waals surface area contributed by atoms with E-state index in [1.807, 2.05) is 18.2 Å². The van der Waals surface area contributed by atoms with Crippen LogP contribution in [0.15, 0.2) is 199 Å². The first-order valence-electron chi connectivity index (χ1n) is 20.2. The van der Waals surface area contributed by atoms with Crippen molar-refractivity contribution >= 4 is 56.1 Å². The van der Waals surface area contributed by atoms with Gasteiger partial charge in [-0.25, -0.2) is 9.38 Å². The van der Waals surface area contributed by atoms with Crippen molar-refractivity contribution in [1.29, 1.82) is 0 Å². The lowest BCUT2D eigenvalue weighted by molar-refractivity contribution is 0.651. The van der Waals surface area contributed by atoms with Crippen molar-refractivity contribution in [1.82, 2.24) is 14.0 Å². The number of fused-ring (bicyclic) bond motifs is 10. The average Bonchev–Trinajstić information content (AvgIpc) is 3.99. The molecule has 0 saturated carbocycles.